The van der Waals surface area contributed by atoms with Crippen LogP contribution in [0, 0.1) is 23.2 Å². The lowest BCUT2D eigenvalue weighted by molar-refractivity contribution is -0.117. The van der Waals surface area contributed by atoms with E-state index in [-0.39, 0.29) is 11.3 Å². The summed E-state index contributed by atoms with van der Waals surface area (Å²) in [5, 5.41) is 0. The highest BCUT2D eigenvalue weighted by Gasteiger charge is 2.48. The van der Waals surface area contributed by atoms with E-state index in [0.717, 1.165) is 31.8 Å². The van der Waals surface area contributed by atoms with Gasteiger partial charge in [0, 0.05) is 5.92 Å². The summed E-state index contributed by atoms with van der Waals surface area (Å²) < 4.78 is 0. The highest BCUT2D eigenvalue weighted by Crippen LogP contribution is 2.55. The van der Waals surface area contributed by atoms with Crippen LogP contribution in [0.3, 0.4) is 0 Å². The first-order chi connectivity index (χ1) is 8.04. The highest BCUT2D eigenvalue weighted by atomic mass is 16.1. The molecule has 2 nitrogen and oxygen atoms in total. The number of rotatable bonds is 2. The van der Waals surface area contributed by atoms with Gasteiger partial charge < -0.3 is 4.79 Å². The third-order valence-electron chi connectivity index (χ3n) is 4.92. The van der Waals surface area contributed by atoms with E-state index in [4.69, 9.17) is 0 Å². The highest BCUT2D eigenvalue weighted by molar-refractivity contribution is 5.82. The van der Waals surface area contributed by atoms with Crippen molar-refractivity contribution >= 4 is 12.6 Å². The Morgan fingerprint density at radius 3 is 2.76 bits per heavy atom. The maximum Gasteiger partial charge on any atom is 0.146 e. The number of aldehydes is 2. The Kier molecular flexibility index (Phi) is 3.07. The van der Waals surface area contributed by atoms with Gasteiger partial charge >= 0.3 is 0 Å². The van der Waals surface area contributed by atoms with Gasteiger partial charge in [-0.05, 0) is 42.1 Å². The molecule has 0 amide bonds. The quantitative estimate of drug-likeness (QED) is 0.542. The summed E-state index contributed by atoms with van der Waals surface area (Å²) in [6.45, 7) is 8.56. The largest absolute Gasteiger partial charge is 0.303 e. The van der Waals surface area contributed by atoms with Crippen molar-refractivity contribution in [2.24, 2.45) is 23.2 Å². The van der Waals surface area contributed by atoms with Gasteiger partial charge in [0.1, 0.15) is 12.6 Å². The molecule has 0 aromatic rings. The van der Waals surface area contributed by atoms with Crippen molar-refractivity contribution in [1.29, 1.82) is 0 Å². The summed E-state index contributed by atoms with van der Waals surface area (Å²) in [5.41, 5.74) is 1.82. The SMILES string of the molecule is C=C1[C@@H](C)CC[C@]2(C)[C@H](C=O)C(C=O)=CC[C@@H]12. The Morgan fingerprint density at radius 1 is 1.47 bits per heavy atom. The first kappa shape index (κ1) is 12.3. The van der Waals surface area contributed by atoms with Crippen LogP contribution in [-0.4, -0.2) is 12.6 Å². The van der Waals surface area contributed by atoms with Crippen molar-refractivity contribution in [3.63, 3.8) is 0 Å². The lowest BCUT2D eigenvalue weighted by Crippen LogP contribution is -2.44. The summed E-state index contributed by atoms with van der Waals surface area (Å²) in [4.78, 5) is 22.4. The zero-order valence-electron chi connectivity index (χ0n) is 10.6. The fourth-order valence-corrected chi connectivity index (χ4v) is 3.56. The fourth-order valence-electron chi connectivity index (χ4n) is 3.56. The maximum atomic E-state index is 11.3. The summed E-state index contributed by atoms with van der Waals surface area (Å²) >= 11 is 0. The summed E-state index contributed by atoms with van der Waals surface area (Å²) in [6, 6.07) is 0. The predicted octanol–water partition coefficient (Wildman–Crippen LogP) is 2.94. The minimum Gasteiger partial charge on any atom is -0.303 e. The standard InChI is InChI=1S/C15H20O2/c1-10-6-7-15(3)13(11(10)2)5-4-12(8-16)14(15)9-17/h4,8-10,13-14H,2,5-7H2,1,3H3/t10-,13-,14+,15-/m0/s1. The van der Waals surface area contributed by atoms with E-state index in [9.17, 15) is 9.59 Å². The van der Waals surface area contributed by atoms with E-state index in [1.807, 2.05) is 6.08 Å². The molecule has 2 aliphatic carbocycles. The van der Waals surface area contributed by atoms with Gasteiger partial charge in [-0.15, -0.1) is 0 Å². The second kappa shape index (κ2) is 4.25. The van der Waals surface area contributed by atoms with Crippen molar-refractivity contribution in [1.82, 2.24) is 0 Å². The lowest BCUT2D eigenvalue weighted by atomic mass is 9.53. The number of fused-ring (bicyclic) bond motifs is 1. The van der Waals surface area contributed by atoms with Crippen molar-refractivity contribution < 1.29 is 9.59 Å². The van der Waals surface area contributed by atoms with Gasteiger partial charge in [0.05, 0.1) is 0 Å². The lowest BCUT2D eigenvalue weighted by Gasteiger charge is -2.50. The molecule has 2 rings (SSSR count). The van der Waals surface area contributed by atoms with Crippen molar-refractivity contribution in [2.75, 3.05) is 0 Å². The van der Waals surface area contributed by atoms with Gasteiger partial charge in [-0.25, -0.2) is 0 Å². The van der Waals surface area contributed by atoms with Gasteiger partial charge in [-0.3, -0.25) is 4.79 Å². The van der Waals surface area contributed by atoms with Crippen LogP contribution < -0.4 is 0 Å². The molecule has 2 aliphatic rings. The maximum absolute atomic E-state index is 11.3. The predicted molar refractivity (Wildman–Crippen MR) is 67.5 cm³/mol. The van der Waals surface area contributed by atoms with Crippen LogP contribution in [-0.2, 0) is 9.59 Å². The molecule has 0 N–H and O–H groups in total. The number of hydrogen-bond donors (Lipinski definition) is 0. The third kappa shape index (κ3) is 1.70. The molecule has 1 saturated carbocycles. The molecular weight excluding hydrogens is 212 g/mol. The fraction of sp³-hybridized carbons (Fsp3) is 0.600. The van der Waals surface area contributed by atoms with Crippen LogP contribution >= 0.6 is 0 Å². The van der Waals surface area contributed by atoms with Crippen LogP contribution in [0.5, 0.6) is 0 Å². The molecule has 4 atom stereocenters. The molecule has 2 heteroatoms. The Bertz CT molecular complexity index is 394. The average molecular weight is 232 g/mol. The van der Waals surface area contributed by atoms with Gasteiger partial charge in [-0.1, -0.05) is 32.1 Å². The Hall–Kier alpha value is -1.18. The molecule has 92 valence electrons. The Morgan fingerprint density at radius 2 is 2.18 bits per heavy atom. The van der Waals surface area contributed by atoms with E-state index in [1.54, 1.807) is 0 Å². The average Bonchev–Trinajstić information content (AvgIpc) is 2.33. The van der Waals surface area contributed by atoms with Gasteiger partial charge in [0.25, 0.3) is 0 Å². The monoisotopic (exact) mass is 232 g/mol. The normalized spacial score (nSPS) is 41.4. The molecule has 17 heavy (non-hydrogen) atoms. The summed E-state index contributed by atoms with van der Waals surface area (Å²) in [7, 11) is 0. The van der Waals surface area contributed by atoms with Crippen molar-refractivity contribution in [3.05, 3.63) is 23.8 Å². The second-order valence-electron chi connectivity index (χ2n) is 5.74. The third-order valence-corrected chi connectivity index (χ3v) is 4.92. The zero-order chi connectivity index (χ0) is 12.6. The van der Waals surface area contributed by atoms with Crippen LogP contribution in [0.15, 0.2) is 23.8 Å². The molecule has 0 aromatic heterocycles. The Labute approximate surface area is 103 Å². The molecule has 0 aromatic carbocycles. The van der Waals surface area contributed by atoms with Crippen LogP contribution in [0.2, 0.25) is 0 Å². The number of allylic oxidation sites excluding steroid dienone is 3. The molecule has 0 saturated heterocycles. The van der Waals surface area contributed by atoms with E-state index in [2.05, 4.69) is 20.4 Å². The molecule has 1 fully saturated rings. The van der Waals surface area contributed by atoms with Gasteiger partial charge in [-0.2, -0.15) is 0 Å². The first-order valence-electron chi connectivity index (χ1n) is 6.33. The number of hydrogen-bond acceptors (Lipinski definition) is 2. The smallest absolute Gasteiger partial charge is 0.146 e. The minimum atomic E-state index is -0.247. The minimum absolute atomic E-state index is 0.101. The molecular formula is C15H20O2. The second-order valence-corrected chi connectivity index (χ2v) is 5.74. The molecule has 0 unspecified atom stereocenters. The number of carbonyl (C=O) groups excluding carboxylic acids is 2. The molecule has 0 radical (unpaired) electrons. The van der Waals surface area contributed by atoms with E-state index in [0.29, 0.717) is 17.4 Å². The molecule has 0 aliphatic heterocycles. The van der Waals surface area contributed by atoms with Crippen LogP contribution in [0.4, 0.5) is 0 Å². The topological polar surface area (TPSA) is 34.1 Å². The van der Waals surface area contributed by atoms with E-state index >= 15 is 0 Å². The van der Waals surface area contributed by atoms with Gasteiger partial charge in [0.2, 0.25) is 0 Å². The molecule has 0 bridgehead atoms. The van der Waals surface area contributed by atoms with E-state index in [1.165, 1.54) is 5.57 Å². The molecule has 0 spiro atoms. The van der Waals surface area contributed by atoms with Crippen LogP contribution in [0.25, 0.3) is 0 Å². The Balaban J connectivity index is 2.43. The van der Waals surface area contributed by atoms with Gasteiger partial charge in [0.15, 0.2) is 0 Å². The summed E-state index contributed by atoms with van der Waals surface area (Å²) in [6.07, 6.45) is 6.67. The zero-order valence-corrected chi connectivity index (χ0v) is 10.6. The number of carbonyl (C=O) groups is 2. The van der Waals surface area contributed by atoms with Crippen molar-refractivity contribution in [2.45, 2.75) is 33.1 Å². The first-order valence-corrected chi connectivity index (χ1v) is 6.33. The molecule has 0 heterocycles. The van der Waals surface area contributed by atoms with Crippen LogP contribution in [0.1, 0.15) is 33.1 Å². The van der Waals surface area contributed by atoms with E-state index < -0.39 is 0 Å². The summed E-state index contributed by atoms with van der Waals surface area (Å²) in [5.74, 6) is 0.639. The van der Waals surface area contributed by atoms with Crippen molar-refractivity contribution in [3.8, 4) is 0 Å².